The number of aliphatic hydroxyl groups excluding tert-OH is 1. The fraction of sp³-hybridized carbons (Fsp3) is 0.467. The van der Waals surface area contributed by atoms with E-state index in [0.717, 1.165) is 17.9 Å². The summed E-state index contributed by atoms with van der Waals surface area (Å²) in [6.45, 7) is 5.23. The van der Waals surface area contributed by atoms with Crippen molar-refractivity contribution in [3.63, 3.8) is 0 Å². The van der Waals surface area contributed by atoms with Gasteiger partial charge in [0.25, 0.3) is 0 Å². The van der Waals surface area contributed by atoms with Crippen LogP contribution in [0.4, 0.5) is 0 Å². The zero-order valence-electron chi connectivity index (χ0n) is 11.8. The number of rotatable bonds is 6. The van der Waals surface area contributed by atoms with Gasteiger partial charge in [-0.15, -0.1) is 0 Å². The first-order valence-electron chi connectivity index (χ1n) is 6.86. The van der Waals surface area contributed by atoms with E-state index in [0.29, 0.717) is 24.3 Å². The highest BCUT2D eigenvalue weighted by atomic mass is 16.4. The van der Waals surface area contributed by atoms with Gasteiger partial charge in [0.05, 0.1) is 16.6 Å². The molecule has 1 heterocycles. The average Bonchev–Trinajstić information content (AvgIpc) is 2.73. The molecule has 0 unspecified atom stereocenters. The third kappa shape index (κ3) is 2.99. The van der Waals surface area contributed by atoms with E-state index in [1.165, 1.54) is 0 Å². The highest BCUT2D eigenvalue weighted by molar-refractivity contribution is 5.92. The van der Waals surface area contributed by atoms with Crippen molar-refractivity contribution in [2.45, 2.75) is 33.2 Å². The van der Waals surface area contributed by atoms with Crippen LogP contribution in [0.3, 0.4) is 0 Å². The molecule has 0 spiro atoms. The van der Waals surface area contributed by atoms with Crippen LogP contribution in [-0.2, 0) is 13.0 Å². The summed E-state index contributed by atoms with van der Waals surface area (Å²) < 4.78 is 2.13. The minimum atomic E-state index is -0.942. The standard InChI is InChI=1S/C15H20N2O3/c1-10(2)9-17-13-6-5-11(15(19)20)8-12(13)16-14(17)4-3-7-18/h5-6,8,10,18H,3-4,7,9H2,1-2H3,(H,19,20). The Bertz CT molecular complexity index is 617. The molecule has 2 aromatic rings. The second-order valence-corrected chi connectivity index (χ2v) is 5.37. The Hall–Kier alpha value is -1.88. The molecule has 2 N–H and O–H groups in total. The third-order valence-electron chi connectivity index (χ3n) is 3.18. The van der Waals surface area contributed by atoms with Gasteiger partial charge >= 0.3 is 5.97 Å². The maximum Gasteiger partial charge on any atom is 0.335 e. The lowest BCUT2D eigenvalue weighted by atomic mass is 10.2. The zero-order chi connectivity index (χ0) is 14.7. The van der Waals surface area contributed by atoms with Crippen molar-refractivity contribution in [1.82, 2.24) is 9.55 Å². The van der Waals surface area contributed by atoms with E-state index < -0.39 is 5.97 Å². The van der Waals surface area contributed by atoms with Crippen LogP contribution < -0.4 is 0 Å². The van der Waals surface area contributed by atoms with Crippen molar-refractivity contribution in [3.05, 3.63) is 29.6 Å². The van der Waals surface area contributed by atoms with Crippen LogP contribution in [0, 0.1) is 5.92 Å². The number of aryl methyl sites for hydroxylation is 1. The fourth-order valence-electron chi connectivity index (χ4n) is 2.31. The molecule has 5 nitrogen and oxygen atoms in total. The molecule has 0 saturated carbocycles. The van der Waals surface area contributed by atoms with Gasteiger partial charge in [-0.1, -0.05) is 13.8 Å². The first-order valence-corrected chi connectivity index (χ1v) is 6.86. The normalized spacial score (nSPS) is 11.4. The minimum absolute atomic E-state index is 0.130. The number of fused-ring (bicyclic) bond motifs is 1. The number of carboxylic acid groups (broad SMARTS) is 1. The topological polar surface area (TPSA) is 75.3 Å². The smallest absolute Gasteiger partial charge is 0.335 e. The van der Waals surface area contributed by atoms with Gasteiger partial charge in [-0.25, -0.2) is 9.78 Å². The summed E-state index contributed by atoms with van der Waals surface area (Å²) in [7, 11) is 0. The number of hydrogen-bond acceptors (Lipinski definition) is 3. The molecule has 0 fully saturated rings. The molecule has 0 aliphatic rings. The summed E-state index contributed by atoms with van der Waals surface area (Å²) in [5.41, 5.74) is 1.91. The number of aromatic nitrogens is 2. The van der Waals surface area contributed by atoms with Crippen molar-refractivity contribution in [1.29, 1.82) is 0 Å². The summed E-state index contributed by atoms with van der Waals surface area (Å²) in [6, 6.07) is 5.03. The second-order valence-electron chi connectivity index (χ2n) is 5.37. The molecule has 0 atom stereocenters. The molecule has 0 amide bonds. The first-order chi connectivity index (χ1) is 9.52. The number of nitrogens with zero attached hydrogens (tertiary/aromatic N) is 2. The Labute approximate surface area is 117 Å². The van der Waals surface area contributed by atoms with E-state index >= 15 is 0 Å². The van der Waals surface area contributed by atoms with Crippen LogP contribution >= 0.6 is 0 Å². The van der Waals surface area contributed by atoms with Crippen molar-refractivity contribution in [2.24, 2.45) is 5.92 Å². The Morgan fingerprint density at radius 1 is 1.40 bits per heavy atom. The first kappa shape index (κ1) is 14.5. The average molecular weight is 276 g/mol. The molecule has 108 valence electrons. The fourth-order valence-corrected chi connectivity index (χ4v) is 2.31. The number of carboxylic acids is 1. The number of hydrogen-bond donors (Lipinski definition) is 2. The molecular formula is C15H20N2O3. The maximum absolute atomic E-state index is 11.0. The van der Waals surface area contributed by atoms with E-state index in [1.54, 1.807) is 12.1 Å². The Morgan fingerprint density at radius 2 is 2.15 bits per heavy atom. The molecule has 2 rings (SSSR count). The predicted octanol–water partition coefficient (Wildman–Crippen LogP) is 2.32. The maximum atomic E-state index is 11.0. The van der Waals surface area contributed by atoms with Crippen molar-refractivity contribution in [3.8, 4) is 0 Å². The lowest BCUT2D eigenvalue weighted by Crippen LogP contribution is -2.09. The van der Waals surface area contributed by atoms with Gasteiger partial charge in [0.15, 0.2) is 0 Å². The van der Waals surface area contributed by atoms with Gasteiger partial charge in [-0.05, 0) is 30.5 Å². The number of aromatic carboxylic acids is 1. The van der Waals surface area contributed by atoms with E-state index in [4.69, 9.17) is 10.2 Å². The molecule has 0 radical (unpaired) electrons. The van der Waals surface area contributed by atoms with Crippen molar-refractivity contribution >= 4 is 17.0 Å². The van der Waals surface area contributed by atoms with Gasteiger partial charge in [-0.3, -0.25) is 0 Å². The highest BCUT2D eigenvalue weighted by Crippen LogP contribution is 2.20. The molecule has 5 heteroatoms. The lowest BCUT2D eigenvalue weighted by Gasteiger charge is -2.11. The van der Waals surface area contributed by atoms with Crippen LogP contribution in [0.15, 0.2) is 18.2 Å². The molecule has 0 aliphatic heterocycles. The minimum Gasteiger partial charge on any atom is -0.478 e. The summed E-state index contributed by atoms with van der Waals surface area (Å²) in [5.74, 6) is 0.437. The summed E-state index contributed by atoms with van der Waals surface area (Å²) >= 11 is 0. The van der Waals surface area contributed by atoms with Crippen LogP contribution in [-0.4, -0.2) is 32.3 Å². The molecule has 0 bridgehead atoms. The summed E-state index contributed by atoms with van der Waals surface area (Å²) in [5, 5.41) is 18.0. The van der Waals surface area contributed by atoms with Gasteiger partial charge < -0.3 is 14.8 Å². The number of imidazole rings is 1. The molecule has 1 aromatic carbocycles. The van der Waals surface area contributed by atoms with Crippen LogP contribution in [0.25, 0.3) is 11.0 Å². The molecule has 1 aromatic heterocycles. The van der Waals surface area contributed by atoms with Gasteiger partial charge in [0.2, 0.25) is 0 Å². The molecule has 0 saturated heterocycles. The largest absolute Gasteiger partial charge is 0.478 e. The van der Waals surface area contributed by atoms with Crippen LogP contribution in [0.1, 0.15) is 36.5 Å². The molecule has 20 heavy (non-hydrogen) atoms. The van der Waals surface area contributed by atoms with Gasteiger partial charge in [-0.2, -0.15) is 0 Å². The van der Waals surface area contributed by atoms with Gasteiger partial charge in [0, 0.05) is 19.6 Å². The van der Waals surface area contributed by atoms with E-state index in [1.807, 2.05) is 6.07 Å². The SMILES string of the molecule is CC(C)Cn1c(CCCO)nc2cc(C(=O)O)ccc21. The number of carbonyl (C=O) groups is 1. The van der Waals surface area contributed by atoms with E-state index in [9.17, 15) is 4.79 Å². The van der Waals surface area contributed by atoms with Crippen molar-refractivity contribution in [2.75, 3.05) is 6.61 Å². The van der Waals surface area contributed by atoms with Gasteiger partial charge in [0.1, 0.15) is 5.82 Å². The third-order valence-corrected chi connectivity index (χ3v) is 3.18. The molecular weight excluding hydrogens is 256 g/mol. The number of benzene rings is 1. The predicted molar refractivity (Wildman–Crippen MR) is 76.9 cm³/mol. The zero-order valence-corrected chi connectivity index (χ0v) is 11.8. The van der Waals surface area contributed by atoms with E-state index in [2.05, 4.69) is 23.4 Å². The van der Waals surface area contributed by atoms with E-state index in [-0.39, 0.29) is 12.2 Å². The quantitative estimate of drug-likeness (QED) is 0.849. The Balaban J connectivity index is 2.49. The summed E-state index contributed by atoms with van der Waals surface area (Å²) in [6.07, 6.45) is 1.35. The highest BCUT2D eigenvalue weighted by Gasteiger charge is 2.13. The van der Waals surface area contributed by atoms with Crippen molar-refractivity contribution < 1.29 is 15.0 Å². The van der Waals surface area contributed by atoms with Crippen LogP contribution in [0.2, 0.25) is 0 Å². The lowest BCUT2D eigenvalue weighted by molar-refractivity contribution is 0.0697. The monoisotopic (exact) mass is 276 g/mol. The Morgan fingerprint density at radius 3 is 2.75 bits per heavy atom. The van der Waals surface area contributed by atoms with Crippen LogP contribution in [0.5, 0.6) is 0 Å². The second kappa shape index (κ2) is 6.05. The summed E-state index contributed by atoms with van der Waals surface area (Å²) in [4.78, 5) is 15.6. The number of aliphatic hydroxyl groups is 1. The molecule has 0 aliphatic carbocycles. The Kier molecular flexibility index (Phi) is 4.39.